The van der Waals surface area contributed by atoms with E-state index in [1.54, 1.807) is 0 Å². The van der Waals surface area contributed by atoms with E-state index in [2.05, 4.69) is 10.1 Å². The molecule has 22 heavy (non-hydrogen) atoms. The minimum absolute atomic E-state index is 0.109. The van der Waals surface area contributed by atoms with E-state index < -0.39 is 0 Å². The Balaban J connectivity index is 1.67. The Labute approximate surface area is 131 Å². The smallest absolute Gasteiger partial charge is 0.306 e. The molecule has 2 fully saturated rings. The van der Waals surface area contributed by atoms with Gasteiger partial charge in [-0.15, -0.1) is 0 Å². The first-order valence-electron chi connectivity index (χ1n) is 8.25. The number of piperidine rings is 1. The van der Waals surface area contributed by atoms with Crippen LogP contribution in [0.4, 0.5) is 0 Å². The zero-order valence-corrected chi connectivity index (χ0v) is 13.3. The second-order valence-corrected chi connectivity index (χ2v) is 6.22. The number of hydrogen-bond acceptors (Lipinski definition) is 4. The molecule has 1 saturated heterocycles. The fraction of sp³-hybridized carbons (Fsp3) is 0.812. The van der Waals surface area contributed by atoms with Crippen molar-refractivity contribution < 1.29 is 19.1 Å². The summed E-state index contributed by atoms with van der Waals surface area (Å²) in [5.74, 6) is 0.0391. The summed E-state index contributed by atoms with van der Waals surface area (Å²) in [5.41, 5.74) is 0. The lowest BCUT2D eigenvalue weighted by molar-refractivity contribution is -0.142. The van der Waals surface area contributed by atoms with E-state index in [-0.39, 0.29) is 36.7 Å². The van der Waals surface area contributed by atoms with Gasteiger partial charge in [-0.25, -0.2) is 0 Å². The highest BCUT2D eigenvalue weighted by Gasteiger charge is 2.30. The molecule has 1 aliphatic carbocycles. The molecule has 1 saturated carbocycles. The van der Waals surface area contributed by atoms with Crippen molar-refractivity contribution in [3.63, 3.8) is 0 Å². The van der Waals surface area contributed by atoms with E-state index in [0.29, 0.717) is 5.91 Å². The van der Waals surface area contributed by atoms with Crippen molar-refractivity contribution in [3.8, 4) is 0 Å². The number of hydrogen-bond donors (Lipinski definition) is 1. The molecule has 6 nitrogen and oxygen atoms in total. The van der Waals surface area contributed by atoms with E-state index in [4.69, 9.17) is 0 Å². The van der Waals surface area contributed by atoms with E-state index >= 15 is 0 Å². The number of methoxy groups -OCH3 is 1. The van der Waals surface area contributed by atoms with Crippen LogP contribution in [0.3, 0.4) is 0 Å². The molecule has 0 atom stereocenters. The van der Waals surface area contributed by atoms with Crippen LogP contribution in [-0.4, -0.2) is 48.9 Å². The Kier molecular flexibility index (Phi) is 6.21. The van der Waals surface area contributed by atoms with Gasteiger partial charge in [0, 0.05) is 31.5 Å². The molecule has 6 heteroatoms. The molecule has 0 bridgehead atoms. The second-order valence-electron chi connectivity index (χ2n) is 6.22. The first-order chi connectivity index (χ1) is 10.6. The zero-order valence-electron chi connectivity index (χ0n) is 13.3. The monoisotopic (exact) mass is 310 g/mol. The van der Waals surface area contributed by atoms with Crippen LogP contribution in [0.5, 0.6) is 0 Å². The third-order valence-corrected chi connectivity index (χ3v) is 4.66. The van der Waals surface area contributed by atoms with Crippen LogP contribution in [-0.2, 0) is 19.1 Å². The van der Waals surface area contributed by atoms with Gasteiger partial charge in [0.15, 0.2) is 0 Å². The maximum atomic E-state index is 12.3. The molecule has 0 aromatic carbocycles. The summed E-state index contributed by atoms with van der Waals surface area (Å²) < 4.78 is 4.52. The first-order valence-corrected chi connectivity index (χ1v) is 8.25. The number of likely N-dealkylation sites (tertiary alicyclic amines) is 1. The van der Waals surface area contributed by atoms with E-state index in [0.717, 1.165) is 38.8 Å². The normalized spacial score (nSPS) is 20.0. The third-order valence-electron chi connectivity index (χ3n) is 4.66. The molecule has 2 rings (SSSR count). The Morgan fingerprint density at radius 3 is 2.27 bits per heavy atom. The predicted octanol–water partition coefficient (Wildman–Crippen LogP) is 1.24. The quantitative estimate of drug-likeness (QED) is 0.775. The summed E-state index contributed by atoms with van der Waals surface area (Å²) in [6.45, 7) is 1.44. The second kappa shape index (κ2) is 8.15. The minimum atomic E-state index is -0.368. The highest BCUT2D eigenvalue weighted by molar-refractivity contribution is 5.81. The maximum absolute atomic E-state index is 12.3. The van der Waals surface area contributed by atoms with Crippen LogP contribution < -0.4 is 5.32 Å². The van der Waals surface area contributed by atoms with Crippen LogP contribution in [0, 0.1) is 5.92 Å². The molecule has 0 unspecified atom stereocenters. The highest BCUT2D eigenvalue weighted by atomic mass is 16.5. The minimum Gasteiger partial charge on any atom is -0.469 e. The number of carbonyl (C=O) groups excluding carboxylic acids is 3. The van der Waals surface area contributed by atoms with E-state index in [1.807, 2.05) is 4.90 Å². The van der Waals surface area contributed by atoms with E-state index in [1.165, 1.54) is 20.0 Å². The van der Waals surface area contributed by atoms with Crippen molar-refractivity contribution in [3.05, 3.63) is 0 Å². The van der Waals surface area contributed by atoms with Gasteiger partial charge >= 0.3 is 5.97 Å². The Morgan fingerprint density at radius 1 is 1.05 bits per heavy atom. The number of esters is 1. The Morgan fingerprint density at radius 2 is 1.68 bits per heavy atom. The van der Waals surface area contributed by atoms with Gasteiger partial charge in [0.25, 0.3) is 0 Å². The lowest BCUT2D eigenvalue weighted by Crippen LogP contribution is -2.47. The van der Waals surface area contributed by atoms with Crippen LogP contribution in [0.2, 0.25) is 0 Å². The van der Waals surface area contributed by atoms with Gasteiger partial charge in [-0.05, 0) is 25.7 Å². The lowest BCUT2D eigenvalue weighted by atomic mass is 10.0. The van der Waals surface area contributed by atoms with Crippen LogP contribution >= 0.6 is 0 Å². The average Bonchev–Trinajstić information content (AvgIpc) is 3.07. The molecule has 124 valence electrons. The third kappa shape index (κ3) is 4.71. The zero-order chi connectivity index (χ0) is 15.9. The topological polar surface area (TPSA) is 75.7 Å². The number of rotatable bonds is 5. The lowest BCUT2D eigenvalue weighted by Gasteiger charge is -2.34. The Bertz CT molecular complexity index is 410. The predicted molar refractivity (Wildman–Crippen MR) is 81.0 cm³/mol. The summed E-state index contributed by atoms with van der Waals surface area (Å²) in [7, 11) is 1.32. The van der Waals surface area contributed by atoms with Crippen molar-refractivity contribution in [1.82, 2.24) is 10.2 Å². The molecular formula is C16H26N2O4. The van der Waals surface area contributed by atoms with Crippen molar-refractivity contribution in [1.29, 1.82) is 0 Å². The molecular weight excluding hydrogens is 284 g/mol. The fourth-order valence-corrected chi connectivity index (χ4v) is 3.29. The van der Waals surface area contributed by atoms with Crippen molar-refractivity contribution in [2.24, 2.45) is 5.92 Å². The average molecular weight is 310 g/mol. The van der Waals surface area contributed by atoms with Crippen LogP contribution in [0.25, 0.3) is 0 Å². The van der Waals surface area contributed by atoms with E-state index in [9.17, 15) is 14.4 Å². The molecule has 2 amide bonds. The maximum Gasteiger partial charge on any atom is 0.306 e. The number of amides is 2. The van der Waals surface area contributed by atoms with Gasteiger partial charge in [0.2, 0.25) is 11.8 Å². The molecule has 0 aromatic heterocycles. The van der Waals surface area contributed by atoms with Crippen molar-refractivity contribution in [2.75, 3.05) is 20.2 Å². The summed E-state index contributed by atoms with van der Waals surface area (Å²) >= 11 is 0. The van der Waals surface area contributed by atoms with Gasteiger partial charge in [-0.2, -0.15) is 0 Å². The van der Waals surface area contributed by atoms with Crippen LogP contribution in [0.15, 0.2) is 0 Å². The summed E-state index contributed by atoms with van der Waals surface area (Å²) in [5, 5.41) is 2.94. The Hall–Kier alpha value is -1.59. The highest BCUT2D eigenvalue weighted by Crippen LogP contribution is 2.27. The van der Waals surface area contributed by atoms with Gasteiger partial charge in [-0.3, -0.25) is 14.4 Å². The van der Waals surface area contributed by atoms with Gasteiger partial charge in [0.05, 0.1) is 13.5 Å². The van der Waals surface area contributed by atoms with Crippen molar-refractivity contribution in [2.45, 2.75) is 57.4 Å². The summed E-state index contributed by atoms with van der Waals surface area (Å²) in [4.78, 5) is 37.0. The molecule has 0 spiro atoms. The SMILES string of the molecule is COC(=O)CCC(=O)NC1CCN(C(=O)C2CCCC2)CC1. The standard InChI is InChI=1S/C16H26N2O4/c1-22-15(20)7-6-14(19)17-13-8-10-18(11-9-13)16(21)12-4-2-3-5-12/h12-13H,2-11H2,1H3,(H,17,19). The molecule has 2 aliphatic rings. The number of carbonyl (C=O) groups is 3. The molecule has 1 aliphatic heterocycles. The fourth-order valence-electron chi connectivity index (χ4n) is 3.29. The molecule has 0 aromatic rings. The number of nitrogens with one attached hydrogen (secondary N) is 1. The number of ether oxygens (including phenoxy) is 1. The molecule has 1 heterocycles. The van der Waals surface area contributed by atoms with Crippen LogP contribution in [0.1, 0.15) is 51.4 Å². The first kappa shape index (κ1) is 16.8. The van der Waals surface area contributed by atoms with Crippen molar-refractivity contribution >= 4 is 17.8 Å². The molecule has 0 radical (unpaired) electrons. The number of nitrogens with zero attached hydrogens (tertiary/aromatic N) is 1. The van der Waals surface area contributed by atoms with Gasteiger partial charge < -0.3 is 15.0 Å². The largest absolute Gasteiger partial charge is 0.469 e. The summed E-state index contributed by atoms with van der Waals surface area (Å²) in [6.07, 6.45) is 6.26. The van der Waals surface area contributed by atoms with Gasteiger partial charge in [-0.1, -0.05) is 12.8 Å². The molecule has 1 N–H and O–H groups in total. The summed E-state index contributed by atoms with van der Waals surface area (Å²) in [6, 6.07) is 0.109. The van der Waals surface area contributed by atoms with Gasteiger partial charge in [0.1, 0.15) is 0 Å².